The fourth-order valence-corrected chi connectivity index (χ4v) is 2.21. The van der Waals surface area contributed by atoms with Gasteiger partial charge >= 0.3 is 6.18 Å². The number of rotatable bonds is 5. The summed E-state index contributed by atoms with van der Waals surface area (Å²) < 4.78 is 38.4. The van der Waals surface area contributed by atoms with Crippen LogP contribution in [0.1, 0.15) is 24.7 Å². The number of halogens is 4. The molecule has 1 aromatic heterocycles. The highest BCUT2D eigenvalue weighted by Crippen LogP contribution is 2.22. The van der Waals surface area contributed by atoms with E-state index in [0.29, 0.717) is 6.54 Å². The monoisotopic (exact) mass is 313 g/mol. The van der Waals surface area contributed by atoms with Crippen molar-refractivity contribution >= 4 is 15.9 Å². The Hall–Kier alpha value is -0.560. The minimum Gasteiger partial charge on any atom is -0.311 e. The summed E-state index contributed by atoms with van der Waals surface area (Å²) in [5.74, 6) is 0. The molecule has 1 rings (SSSR count). The van der Waals surface area contributed by atoms with Crippen LogP contribution in [-0.2, 0) is 20.0 Å². The Labute approximate surface area is 107 Å². The van der Waals surface area contributed by atoms with Gasteiger partial charge in [0, 0.05) is 20.1 Å². The van der Waals surface area contributed by atoms with Crippen LogP contribution in [-0.4, -0.2) is 22.5 Å². The molecule has 3 nitrogen and oxygen atoms in total. The minimum absolute atomic E-state index is 0.0808. The normalized spacial score (nSPS) is 12.1. The third kappa shape index (κ3) is 4.31. The molecular weight excluding hydrogens is 299 g/mol. The molecule has 98 valence electrons. The molecule has 0 aromatic carbocycles. The smallest absolute Gasteiger partial charge is 0.311 e. The summed E-state index contributed by atoms with van der Waals surface area (Å²) >= 11 is 3.41. The Bertz CT molecular complexity index is 374. The van der Waals surface area contributed by atoms with Crippen LogP contribution in [0, 0.1) is 0 Å². The van der Waals surface area contributed by atoms with E-state index in [4.69, 9.17) is 0 Å². The highest BCUT2D eigenvalue weighted by Gasteiger charge is 2.26. The molecule has 0 aliphatic carbocycles. The van der Waals surface area contributed by atoms with Crippen molar-refractivity contribution in [3.63, 3.8) is 0 Å². The van der Waals surface area contributed by atoms with Gasteiger partial charge in [-0.3, -0.25) is 4.68 Å². The third-order valence-corrected chi connectivity index (χ3v) is 3.30. The molecule has 0 saturated carbocycles. The van der Waals surface area contributed by atoms with E-state index in [1.165, 1.54) is 0 Å². The quantitative estimate of drug-likeness (QED) is 0.847. The average Bonchev–Trinajstić information content (AvgIpc) is 2.48. The number of nitrogens with one attached hydrogen (secondary N) is 1. The standard InChI is InChI=1S/C10H15BrF3N3/c1-3-7-9(11)8(17(2)16-7)6-15-5-4-10(12,13)14/h15H,3-6H2,1-2H3. The summed E-state index contributed by atoms with van der Waals surface area (Å²) in [5.41, 5.74) is 1.78. The number of alkyl halides is 3. The average molecular weight is 314 g/mol. The first-order valence-electron chi connectivity index (χ1n) is 5.33. The number of nitrogens with zero attached hydrogens (tertiary/aromatic N) is 2. The van der Waals surface area contributed by atoms with Crippen LogP contribution in [0.15, 0.2) is 4.47 Å². The molecular formula is C10H15BrF3N3. The highest BCUT2D eigenvalue weighted by molar-refractivity contribution is 9.10. The van der Waals surface area contributed by atoms with Gasteiger partial charge < -0.3 is 5.32 Å². The molecule has 17 heavy (non-hydrogen) atoms. The summed E-state index contributed by atoms with van der Waals surface area (Å²) in [7, 11) is 1.78. The maximum absolute atomic E-state index is 11.9. The van der Waals surface area contributed by atoms with Crippen molar-refractivity contribution in [2.75, 3.05) is 6.54 Å². The lowest BCUT2D eigenvalue weighted by Gasteiger charge is -2.08. The lowest BCUT2D eigenvalue weighted by Crippen LogP contribution is -2.22. The third-order valence-electron chi connectivity index (χ3n) is 2.38. The maximum Gasteiger partial charge on any atom is 0.390 e. The van der Waals surface area contributed by atoms with E-state index in [-0.39, 0.29) is 6.54 Å². The van der Waals surface area contributed by atoms with E-state index in [9.17, 15) is 13.2 Å². The van der Waals surface area contributed by atoms with Gasteiger partial charge in [0.1, 0.15) is 0 Å². The summed E-state index contributed by atoms with van der Waals surface area (Å²) in [6.45, 7) is 2.27. The molecule has 0 aliphatic heterocycles. The number of hydrogen-bond donors (Lipinski definition) is 1. The minimum atomic E-state index is -4.11. The highest BCUT2D eigenvalue weighted by atomic mass is 79.9. The largest absolute Gasteiger partial charge is 0.390 e. The summed E-state index contributed by atoms with van der Waals surface area (Å²) in [5, 5.41) is 7.03. The zero-order valence-electron chi connectivity index (χ0n) is 9.73. The molecule has 1 N–H and O–H groups in total. The van der Waals surface area contributed by atoms with Crippen molar-refractivity contribution in [2.24, 2.45) is 7.05 Å². The van der Waals surface area contributed by atoms with E-state index in [0.717, 1.165) is 22.3 Å². The van der Waals surface area contributed by atoms with Gasteiger partial charge in [-0.05, 0) is 22.4 Å². The molecule has 0 unspecified atom stereocenters. The predicted octanol–water partition coefficient (Wildman–Crippen LogP) is 2.79. The van der Waals surface area contributed by atoms with Gasteiger partial charge in [-0.2, -0.15) is 18.3 Å². The van der Waals surface area contributed by atoms with Crippen LogP contribution in [0.5, 0.6) is 0 Å². The molecule has 0 amide bonds. The fourth-order valence-electron chi connectivity index (χ4n) is 1.45. The second-order valence-corrected chi connectivity index (χ2v) is 4.52. The van der Waals surface area contributed by atoms with E-state index in [2.05, 4.69) is 26.3 Å². The Morgan fingerprint density at radius 3 is 2.53 bits per heavy atom. The second-order valence-electron chi connectivity index (χ2n) is 3.73. The van der Waals surface area contributed by atoms with E-state index in [1.807, 2.05) is 6.92 Å². The van der Waals surface area contributed by atoms with Crippen molar-refractivity contribution < 1.29 is 13.2 Å². The molecule has 1 aromatic rings. The van der Waals surface area contributed by atoms with E-state index in [1.54, 1.807) is 11.7 Å². The van der Waals surface area contributed by atoms with Crippen LogP contribution >= 0.6 is 15.9 Å². The molecule has 0 bridgehead atoms. The SMILES string of the molecule is CCc1nn(C)c(CNCCC(F)(F)F)c1Br. The van der Waals surface area contributed by atoms with E-state index >= 15 is 0 Å². The second kappa shape index (κ2) is 5.86. The van der Waals surface area contributed by atoms with Gasteiger partial charge in [0.05, 0.1) is 22.3 Å². The predicted molar refractivity (Wildman–Crippen MR) is 62.7 cm³/mol. The fraction of sp³-hybridized carbons (Fsp3) is 0.700. The van der Waals surface area contributed by atoms with Crippen LogP contribution in [0.4, 0.5) is 13.2 Å². The van der Waals surface area contributed by atoms with Gasteiger partial charge in [0.25, 0.3) is 0 Å². The van der Waals surface area contributed by atoms with Crippen LogP contribution in [0.3, 0.4) is 0 Å². The van der Waals surface area contributed by atoms with E-state index < -0.39 is 12.6 Å². The van der Waals surface area contributed by atoms with Crippen LogP contribution in [0.25, 0.3) is 0 Å². The van der Waals surface area contributed by atoms with Gasteiger partial charge in [-0.25, -0.2) is 0 Å². The lowest BCUT2D eigenvalue weighted by atomic mass is 10.3. The number of aromatic nitrogens is 2. The first-order chi connectivity index (χ1) is 7.85. The Morgan fingerprint density at radius 2 is 2.06 bits per heavy atom. The number of hydrogen-bond acceptors (Lipinski definition) is 2. The van der Waals surface area contributed by atoms with Crippen molar-refractivity contribution in [2.45, 2.75) is 32.5 Å². The molecule has 0 radical (unpaired) electrons. The topological polar surface area (TPSA) is 29.9 Å². The summed E-state index contributed by atoms with van der Waals surface area (Å²) in [6, 6.07) is 0. The van der Waals surface area contributed by atoms with Crippen molar-refractivity contribution in [3.05, 3.63) is 15.9 Å². The molecule has 1 heterocycles. The molecule has 7 heteroatoms. The molecule has 0 aliphatic rings. The maximum atomic E-state index is 11.9. The zero-order chi connectivity index (χ0) is 13.1. The van der Waals surface area contributed by atoms with Crippen molar-refractivity contribution in [1.82, 2.24) is 15.1 Å². The van der Waals surface area contributed by atoms with Gasteiger partial charge in [0.2, 0.25) is 0 Å². The molecule has 0 saturated heterocycles. The molecule has 0 atom stereocenters. The molecule has 0 fully saturated rings. The Balaban J connectivity index is 2.50. The summed E-state index contributed by atoms with van der Waals surface area (Å²) in [6.07, 6.45) is -4.13. The van der Waals surface area contributed by atoms with Crippen molar-refractivity contribution in [1.29, 1.82) is 0 Å². The first-order valence-corrected chi connectivity index (χ1v) is 6.12. The Morgan fingerprint density at radius 1 is 1.41 bits per heavy atom. The Kier molecular flexibility index (Phi) is 5.00. The lowest BCUT2D eigenvalue weighted by molar-refractivity contribution is -0.133. The first kappa shape index (κ1) is 14.5. The molecule has 0 spiro atoms. The zero-order valence-corrected chi connectivity index (χ0v) is 11.3. The van der Waals surface area contributed by atoms with Gasteiger partial charge in [-0.1, -0.05) is 6.92 Å². The van der Waals surface area contributed by atoms with Gasteiger partial charge in [0.15, 0.2) is 0 Å². The summed E-state index contributed by atoms with van der Waals surface area (Å²) in [4.78, 5) is 0. The van der Waals surface area contributed by atoms with Crippen molar-refractivity contribution in [3.8, 4) is 0 Å². The van der Waals surface area contributed by atoms with Crippen LogP contribution in [0.2, 0.25) is 0 Å². The number of aryl methyl sites for hydroxylation is 2. The van der Waals surface area contributed by atoms with Gasteiger partial charge in [-0.15, -0.1) is 0 Å². The van der Waals surface area contributed by atoms with Crippen LogP contribution < -0.4 is 5.32 Å².